The zero-order valence-electron chi connectivity index (χ0n) is 17.3. The van der Waals surface area contributed by atoms with Crippen LogP contribution in [0, 0.1) is 6.92 Å². The van der Waals surface area contributed by atoms with Gasteiger partial charge in [-0.25, -0.2) is 23.0 Å². The number of aromatic amines is 1. The third kappa shape index (κ3) is 7.91. The summed E-state index contributed by atoms with van der Waals surface area (Å²) in [6.45, 7) is 0.485. The highest BCUT2D eigenvalue weighted by atomic mass is 31.3. The minimum atomic E-state index is -5.95. The Morgan fingerprint density at radius 2 is 1.94 bits per heavy atom. The lowest BCUT2D eigenvalue weighted by molar-refractivity contribution is -0.148. The molecule has 1 saturated heterocycles. The molecule has 0 aromatic carbocycles. The molecule has 1 aliphatic rings. The van der Waals surface area contributed by atoms with E-state index in [0.29, 0.717) is 0 Å². The quantitative estimate of drug-likeness (QED) is 0.0864. The van der Waals surface area contributed by atoms with Crippen molar-refractivity contribution < 1.29 is 61.3 Å². The van der Waals surface area contributed by atoms with E-state index in [1.165, 1.54) is 6.92 Å². The molecular weight excluding hydrogens is 547 g/mol. The van der Waals surface area contributed by atoms with Crippen molar-refractivity contribution >= 4 is 29.2 Å². The van der Waals surface area contributed by atoms with Crippen molar-refractivity contribution in [2.75, 3.05) is 6.61 Å². The van der Waals surface area contributed by atoms with Crippen LogP contribution in [-0.2, 0) is 36.6 Å². The van der Waals surface area contributed by atoms with Gasteiger partial charge in [0.25, 0.3) is 11.4 Å². The number of aryl methyl sites for hydroxylation is 1. The monoisotopic (exact) mass is 565 g/mol. The highest BCUT2D eigenvalue weighted by Gasteiger charge is 2.49. The fraction of sp³-hybridized carbons (Fsp3) is 0.583. The molecule has 2 rings (SSSR count). The normalized spacial score (nSPS) is 24.7. The summed E-state index contributed by atoms with van der Waals surface area (Å²) < 4.78 is 52.8. The number of hydrogen-bond acceptors (Lipinski definition) is 11. The Kier molecular flexibility index (Phi) is 9.00. The van der Waals surface area contributed by atoms with Crippen molar-refractivity contribution in [2.45, 2.75) is 37.6 Å². The number of nitrogens with one attached hydrogen (secondary N) is 1. The van der Waals surface area contributed by atoms with Gasteiger partial charge in [0.05, 0.1) is 18.8 Å². The third-order valence-electron chi connectivity index (χ3n) is 4.22. The van der Waals surface area contributed by atoms with Crippen LogP contribution in [0.5, 0.6) is 0 Å². The number of H-pyrrole nitrogens is 1. The van der Waals surface area contributed by atoms with Gasteiger partial charge in [-0.05, 0) is 12.5 Å². The van der Waals surface area contributed by atoms with Crippen molar-refractivity contribution in [3.63, 3.8) is 0 Å². The summed E-state index contributed by atoms with van der Waals surface area (Å²) >= 11 is 0. The number of azide groups is 1. The Balaban J connectivity index is 2.23. The van der Waals surface area contributed by atoms with E-state index in [1.807, 2.05) is 4.98 Å². The molecule has 196 valence electrons. The molecule has 35 heavy (non-hydrogen) atoms. The molecule has 6 N–H and O–H groups in total. The molecule has 6 atom stereocenters. The first-order chi connectivity index (χ1) is 16.0. The van der Waals surface area contributed by atoms with Crippen LogP contribution in [0.15, 0.2) is 20.9 Å². The number of carbonyl (C=O) groups is 1. The predicted octanol–water partition coefficient (Wildman–Crippen LogP) is -0.350. The minimum Gasteiger partial charge on any atom is -0.479 e. The van der Waals surface area contributed by atoms with Gasteiger partial charge in [0.2, 0.25) is 0 Å². The fourth-order valence-electron chi connectivity index (χ4n) is 2.85. The summed E-state index contributed by atoms with van der Waals surface area (Å²) in [7, 11) is -17.5. The Labute approximate surface area is 193 Å². The second-order valence-corrected chi connectivity index (χ2v) is 11.6. The number of aliphatic carboxylic acids is 1. The average molecular weight is 565 g/mol. The largest absolute Gasteiger partial charge is 0.488 e. The zero-order valence-corrected chi connectivity index (χ0v) is 19.9. The van der Waals surface area contributed by atoms with Crippen LogP contribution in [-0.4, -0.2) is 64.8 Å². The van der Waals surface area contributed by atoms with Crippen molar-refractivity contribution in [1.29, 1.82) is 0 Å². The number of rotatable bonds is 11. The van der Waals surface area contributed by atoms with E-state index >= 15 is 0 Å². The van der Waals surface area contributed by atoms with E-state index in [2.05, 4.69) is 18.6 Å². The Hall–Kier alpha value is -2.17. The van der Waals surface area contributed by atoms with Crippen LogP contribution in [0.1, 0.15) is 18.2 Å². The van der Waals surface area contributed by atoms with Crippen LogP contribution >= 0.6 is 23.2 Å². The van der Waals surface area contributed by atoms with E-state index < -0.39 is 71.3 Å². The molecule has 2 heterocycles. The standard InChI is InChI=1S/C12H18N5O15P3/c1-5-3-17(12(21)14-9(5)18)8-2-6(15-16-13)7(30-8)4-29-11(10(19)20)33(22,23)31-35(27,28)32-34(24,25)26/h3,6-8,11H,2,4H2,1H3,(H,19,20)(H,22,23)(H,27,28)(H,14,18,21)(H2,24,25,26). The number of carboxylic acid groups (broad SMARTS) is 1. The maximum atomic E-state index is 12.2. The third-order valence-corrected chi connectivity index (χ3v) is 8.62. The maximum absolute atomic E-state index is 12.2. The maximum Gasteiger partial charge on any atom is 0.488 e. The zero-order chi connectivity index (χ0) is 26.8. The van der Waals surface area contributed by atoms with Crippen molar-refractivity contribution in [1.82, 2.24) is 9.55 Å². The van der Waals surface area contributed by atoms with E-state index in [4.69, 9.17) is 24.8 Å². The molecular formula is C12H18N5O15P3. The lowest BCUT2D eigenvalue weighted by Crippen LogP contribution is -2.34. The molecule has 1 fully saturated rings. The van der Waals surface area contributed by atoms with Crippen LogP contribution in [0.4, 0.5) is 0 Å². The van der Waals surface area contributed by atoms with Gasteiger partial charge < -0.3 is 34.2 Å². The first-order valence-electron chi connectivity index (χ1n) is 8.95. The Morgan fingerprint density at radius 1 is 1.31 bits per heavy atom. The van der Waals surface area contributed by atoms with Crippen molar-refractivity contribution in [3.8, 4) is 0 Å². The molecule has 20 nitrogen and oxygen atoms in total. The first kappa shape index (κ1) is 29.1. The van der Waals surface area contributed by atoms with E-state index in [9.17, 15) is 43.0 Å². The second kappa shape index (κ2) is 10.8. The Morgan fingerprint density at radius 3 is 2.49 bits per heavy atom. The highest BCUT2D eigenvalue weighted by molar-refractivity contribution is 7.68. The van der Waals surface area contributed by atoms with Crippen LogP contribution < -0.4 is 11.2 Å². The number of phosphoric acid groups is 2. The Bertz CT molecular complexity index is 1280. The van der Waals surface area contributed by atoms with Gasteiger partial charge in [0.1, 0.15) is 6.23 Å². The highest BCUT2D eigenvalue weighted by Crippen LogP contribution is 2.67. The number of carboxylic acids is 1. The molecule has 1 aromatic rings. The molecule has 6 unspecified atom stereocenters. The summed E-state index contributed by atoms with van der Waals surface area (Å²) in [5.74, 6) is -5.09. The molecule has 0 amide bonds. The summed E-state index contributed by atoms with van der Waals surface area (Å²) in [5.41, 5.74) is 7.34. The van der Waals surface area contributed by atoms with Crippen LogP contribution in [0.3, 0.4) is 0 Å². The summed E-state index contributed by atoms with van der Waals surface area (Å²) in [4.78, 5) is 75.8. The van der Waals surface area contributed by atoms with E-state index in [-0.39, 0.29) is 12.0 Å². The van der Waals surface area contributed by atoms with Gasteiger partial charge in [-0.15, -0.1) is 0 Å². The SMILES string of the molecule is Cc1cn(C2CC(N=[N+]=[N-])C(COC(C(=O)O)P(=O)(O)OP(=O)(O)OP(=O)(O)O)O2)c(=O)[nH]c1=O. The van der Waals surface area contributed by atoms with Crippen molar-refractivity contribution in [2.24, 2.45) is 5.11 Å². The molecule has 0 radical (unpaired) electrons. The number of nitrogens with zero attached hydrogens (tertiary/aromatic N) is 4. The summed E-state index contributed by atoms with van der Waals surface area (Å²) in [6.07, 6.45) is -1.49. The minimum absolute atomic E-state index is 0.128. The van der Waals surface area contributed by atoms with Gasteiger partial charge in [0.15, 0.2) is 0 Å². The predicted molar refractivity (Wildman–Crippen MR) is 109 cm³/mol. The molecule has 0 saturated carbocycles. The van der Waals surface area contributed by atoms with Gasteiger partial charge in [0, 0.05) is 23.1 Å². The summed E-state index contributed by atoms with van der Waals surface area (Å²) in [5, 5.41) is 12.6. The van der Waals surface area contributed by atoms with Gasteiger partial charge in [-0.1, -0.05) is 5.11 Å². The van der Waals surface area contributed by atoms with Crippen LogP contribution in [0.2, 0.25) is 0 Å². The smallest absolute Gasteiger partial charge is 0.479 e. The fourth-order valence-corrected chi connectivity index (χ4v) is 6.40. The average Bonchev–Trinajstić information content (AvgIpc) is 3.04. The van der Waals surface area contributed by atoms with Crippen LogP contribution in [0.25, 0.3) is 10.4 Å². The molecule has 0 aliphatic carbocycles. The van der Waals surface area contributed by atoms with E-state index in [0.717, 1.165) is 10.8 Å². The van der Waals surface area contributed by atoms with Gasteiger partial charge in [-0.3, -0.25) is 18.9 Å². The number of hydrogen-bond donors (Lipinski definition) is 6. The lowest BCUT2D eigenvalue weighted by Gasteiger charge is -2.23. The lowest BCUT2D eigenvalue weighted by atomic mass is 10.1. The molecule has 1 aromatic heterocycles. The van der Waals surface area contributed by atoms with Gasteiger partial charge >= 0.3 is 34.9 Å². The number of ether oxygens (including phenoxy) is 2. The van der Waals surface area contributed by atoms with Gasteiger partial charge in [-0.2, -0.15) is 4.31 Å². The van der Waals surface area contributed by atoms with Crippen molar-refractivity contribution in [3.05, 3.63) is 43.0 Å². The molecule has 0 spiro atoms. The first-order valence-corrected chi connectivity index (χ1v) is 13.6. The second-order valence-electron chi connectivity index (χ2n) is 6.83. The summed E-state index contributed by atoms with van der Waals surface area (Å²) in [6, 6.07) is -1.11. The molecule has 0 bridgehead atoms. The number of aromatic nitrogens is 2. The van der Waals surface area contributed by atoms with E-state index in [1.54, 1.807) is 0 Å². The topological polar surface area (TPSA) is 310 Å². The molecule has 1 aliphatic heterocycles. The molecule has 23 heteroatoms.